The highest BCUT2D eigenvalue weighted by atomic mass is 16.3. The van der Waals surface area contributed by atoms with Gasteiger partial charge in [0.25, 0.3) is 0 Å². The summed E-state index contributed by atoms with van der Waals surface area (Å²) < 4.78 is 13.2. The average Bonchev–Trinajstić information content (AvgIpc) is 3.65. The van der Waals surface area contributed by atoms with Crippen LogP contribution in [-0.4, -0.2) is 0 Å². The second-order valence-corrected chi connectivity index (χ2v) is 10.9. The molecule has 2 heterocycles. The van der Waals surface area contributed by atoms with E-state index in [1.165, 1.54) is 16.5 Å². The monoisotopic (exact) mass is 551 g/mol. The van der Waals surface area contributed by atoms with Crippen LogP contribution in [0.15, 0.2) is 160 Å². The Morgan fingerprint density at radius 2 is 1.02 bits per heavy atom. The van der Waals surface area contributed by atoms with Gasteiger partial charge in [-0.3, -0.25) is 0 Å². The van der Waals surface area contributed by atoms with Crippen molar-refractivity contribution in [1.82, 2.24) is 0 Å². The molecule has 0 aliphatic rings. The molecule has 2 aromatic heterocycles. The lowest BCUT2D eigenvalue weighted by molar-refractivity contribution is 0.668. The van der Waals surface area contributed by atoms with Gasteiger partial charge >= 0.3 is 0 Å². The first kappa shape index (κ1) is 23.9. The lowest BCUT2D eigenvalue weighted by Gasteiger charge is -2.26. The van der Waals surface area contributed by atoms with Crippen molar-refractivity contribution < 1.29 is 8.83 Å². The molecule has 0 unspecified atom stereocenters. The Kier molecular flexibility index (Phi) is 5.20. The summed E-state index contributed by atoms with van der Waals surface area (Å²) >= 11 is 0. The van der Waals surface area contributed by atoms with Crippen LogP contribution in [0.2, 0.25) is 0 Å². The summed E-state index contributed by atoms with van der Waals surface area (Å²) in [6, 6.07) is 53.0. The molecule has 0 bridgehead atoms. The third kappa shape index (κ3) is 3.68. The van der Waals surface area contributed by atoms with E-state index in [4.69, 9.17) is 8.83 Å². The van der Waals surface area contributed by atoms with Crippen molar-refractivity contribution in [2.45, 2.75) is 0 Å². The number of hydrogen-bond donors (Lipinski definition) is 0. The number of fused-ring (bicyclic) bond motifs is 8. The van der Waals surface area contributed by atoms with Gasteiger partial charge in [-0.25, -0.2) is 0 Å². The second-order valence-electron chi connectivity index (χ2n) is 10.9. The van der Waals surface area contributed by atoms with Gasteiger partial charge in [0.05, 0.1) is 16.8 Å². The molecule has 9 rings (SSSR count). The van der Waals surface area contributed by atoms with E-state index >= 15 is 0 Å². The number of rotatable bonds is 4. The molecule has 0 fully saturated rings. The molecule has 0 saturated heterocycles. The molecular formula is C40H25NO2. The van der Waals surface area contributed by atoms with Crippen molar-refractivity contribution >= 4 is 71.7 Å². The van der Waals surface area contributed by atoms with Crippen molar-refractivity contribution in [3.8, 4) is 11.1 Å². The van der Waals surface area contributed by atoms with Gasteiger partial charge in [-0.2, -0.15) is 0 Å². The van der Waals surface area contributed by atoms with E-state index in [2.05, 4.69) is 132 Å². The molecule has 0 spiro atoms. The Morgan fingerprint density at radius 3 is 1.91 bits per heavy atom. The van der Waals surface area contributed by atoms with Crippen LogP contribution in [0, 0.1) is 0 Å². The van der Waals surface area contributed by atoms with E-state index in [1.807, 2.05) is 24.3 Å². The first-order valence-corrected chi connectivity index (χ1v) is 14.5. The molecule has 9 aromatic rings. The van der Waals surface area contributed by atoms with Crippen molar-refractivity contribution in [2.24, 2.45) is 0 Å². The summed E-state index contributed by atoms with van der Waals surface area (Å²) in [5.74, 6) is 0. The van der Waals surface area contributed by atoms with Gasteiger partial charge in [-0.15, -0.1) is 0 Å². The average molecular weight is 552 g/mol. The molecule has 3 nitrogen and oxygen atoms in total. The summed E-state index contributed by atoms with van der Waals surface area (Å²) in [5, 5.41) is 6.64. The van der Waals surface area contributed by atoms with Crippen molar-refractivity contribution in [3.63, 3.8) is 0 Å². The predicted octanol–water partition coefficient (Wildman–Crippen LogP) is 11.8. The summed E-state index contributed by atoms with van der Waals surface area (Å²) in [6.07, 6.45) is 0. The fourth-order valence-corrected chi connectivity index (χ4v) is 6.47. The van der Waals surface area contributed by atoms with Crippen LogP contribution in [0.3, 0.4) is 0 Å². The predicted molar refractivity (Wildman–Crippen MR) is 179 cm³/mol. The van der Waals surface area contributed by atoms with E-state index in [1.54, 1.807) is 0 Å². The molecule has 0 amide bonds. The molecule has 0 atom stereocenters. The van der Waals surface area contributed by atoms with Crippen molar-refractivity contribution in [1.29, 1.82) is 0 Å². The largest absolute Gasteiger partial charge is 0.456 e. The first-order valence-electron chi connectivity index (χ1n) is 14.5. The lowest BCUT2D eigenvalue weighted by atomic mass is 10.0. The van der Waals surface area contributed by atoms with Gasteiger partial charge in [0.2, 0.25) is 0 Å². The van der Waals surface area contributed by atoms with Crippen LogP contribution in [0.25, 0.3) is 65.8 Å². The molecule has 0 aliphatic carbocycles. The zero-order valence-corrected chi connectivity index (χ0v) is 23.2. The maximum atomic E-state index is 6.83. The molecule has 0 aliphatic heterocycles. The van der Waals surface area contributed by atoms with E-state index in [-0.39, 0.29) is 0 Å². The highest BCUT2D eigenvalue weighted by Gasteiger charge is 2.23. The van der Waals surface area contributed by atoms with Gasteiger partial charge < -0.3 is 13.7 Å². The van der Waals surface area contributed by atoms with E-state index in [0.29, 0.717) is 0 Å². The minimum atomic E-state index is 0.853. The number of nitrogens with zero attached hydrogens (tertiary/aromatic N) is 1. The zero-order chi connectivity index (χ0) is 28.3. The SMILES string of the molecule is c1ccc(-c2ccc(N(c3cccc4c3oc3c5ccccc5ccc43)c3cccc4oc5ccccc5c34)cc2)cc1. The van der Waals surface area contributed by atoms with Crippen LogP contribution in [-0.2, 0) is 0 Å². The summed E-state index contributed by atoms with van der Waals surface area (Å²) in [4.78, 5) is 2.31. The van der Waals surface area contributed by atoms with Crippen LogP contribution in [0.4, 0.5) is 17.1 Å². The topological polar surface area (TPSA) is 29.5 Å². The molecular weight excluding hydrogens is 526 g/mol. The summed E-state index contributed by atoms with van der Waals surface area (Å²) in [7, 11) is 0. The Balaban J connectivity index is 1.34. The maximum absolute atomic E-state index is 6.83. The Labute approximate surface area is 247 Å². The Bertz CT molecular complexity index is 2450. The standard InChI is InChI=1S/C40H25NO2/c1-2-10-26(11-3-1)27-20-23-29(24-21-27)41(34-16-9-19-37-38(34)33-14-6-7-18-36(33)42-37)35-17-8-15-31-32-25-22-28-12-4-5-13-30(28)39(32)43-40(31)35/h1-25H. The minimum Gasteiger partial charge on any atom is -0.456 e. The van der Waals surface area contributed by atoms with Crippen LogP contribution < -0.4 is 4.90 Å². The van der Waals surface area contributed by atoms with E-state index < -0.39 is 0 Å². The summed E-state index contributed by atoms with van der Waals surface area (Å²) in [5.41, 5.74) is 8.90. The number of hydrogen-bond acceptors (Lipinski definition) is 3. The van der Waals surface area contributed by atoms with Crippen LogP contribution >= 0.6 is 0 Å². The number of anilines is 3. The number of benzene rings is 7. The molecule has 7 aromatic carbocycles. The van der Waals surface area contributed by atoms with Gasteiger partial charge in [0, 0.05) is 27.2 Å². The zero-order valence-electron chi connectivity index (χ0n) is 23.2. The van der Waals surface area contributed by atoms with Gasteiger partial charge in [0.1, 0.15) is 16.7 Å². The Hall–Kier alpha value is -5.80. The minimum absolute atomic E-state index is 0.853. The smallest absolute Gasteiger partial charge is 0.159 e. The molecule has 3 heteroatoms. The lowest BCUT2D eigenvalue weighted by Crippen LogP contribution is -2.10. The maximum Gasteiger partial charge on any atom is 0.159 e. The van der Waals surface area contributed by atoms with Gasteiger partial charge in [0.15, 0.2) is 5.58 Å². The quantitative estimate of drug-likeness (QED) is 0.218. The van der Waals surface area contributed by atoms with E-state index in [0.717, 1.165) is 66.3 Å². The van der Waals surface area contributed by atoms with Crippen LogP contribution in [0.1, 0.15) is 0 Å². The normalized spacial score (nSPS) is 11.7. The molecule has 0 N–H and O–H groups in total. The molecule has 0 saturated carbocycles. The van der Waals surface area contributed by atoms with Gasteiger partial charge in [-0.1, -0.05) is 109 Å². The molecule has 43 heavy (non-hydrogen) atoms. The second kappa shape index (κ2) is 9.37. The van der Waals surface area contributed by atoms with Crippen LogP contribution in [0.5, 0.6) is 0 Å². The third-order valence-electron chi connectivity index (χ3n) is 8.46. The third-order valence-corrected chi connectivity index (χ3v) is 8.46. The highest BCUT2D eigenvalue weighted by Crippen LogP contribution is 2.47. The first-order chi connectivity index (χ1) is 21.3. The molecule has 202 valence electrons. The van der Waals surface area contributed by atoms with E-state index in [9.17, 15) is 0 Å². The number of furan rings is 2. The van der Waals surface area contributed by atoms with Gasteiger partial charge in [-0.05, 0) is 59.0 Å². The fraction of sp³-hybridized carbons (Fsp3) is 0. The van der Waals surface area contributed by atoms with Crippen molar-refractivity contribution in [3.05, 3.63) is 152 Å². The van der Waals surface area contributed by atoms with Crippen molar-refractivity contribution in [2.75, 3.05) is 4.90 Å². The molecule has 0 radical (unpaired) electrons. The Morgan fingerprint density at radius 1 is 0.372 bits per heavy atom. The number of para-hydroxylation sites is 2. The fourth-order valence-electron chi connectivity index (χ4n) is 6.47. The highest BCUT2D eigenvalue weighted by molar-refractivity contribution is 6.19. The summed E-state index contributed by atoms with van der Waals surface area (Å²) in [6.45, 7) is 0.